The molecule has 8 nitrogen and oxygen atoms in total. The summed E-state index contributed by atoms with van der Waals surface area (Å²) in [6, 6.07) is 19.2. The molecule has 0 saturated heterocycles. The number of carbonyl (C=O) groups excluding carboxylic acids is 2. The van der Waals surface area contributed by atoms with Gasteiger partial charge < -0.3 is 5.32 Å². The van der Waals surface area contributed by atoms with Gasteiger partial charge in [-0.05, 0) is 16.8 Å². The number of nitro groups is 1. The maximum atomic E-state index is 11.9. The van der Waals surface area contributed by atoms with Crippen LogP contribution in [0.1, 0.15) is 18.4 Å². The molecule has 0 heterocycles. The third-order valence-corrected chi connectivity index (χ3v) is 4.14. The fraction of sp³-hybridized carbons (Fsp3) is 0.0952. The van der Waals surface area contributed by atoms with Crippen molar-refractivity contribution in [1.29, 1.82) is 0 Å². The van der Waals surface area contributed by atoms with Gasteiger partial charge in [-0.15, -0.1) is 0 Å². The van der Waals surface area contributed by atoms with Crippen molar-refractivity contribution < 1.29 is 14.5 Å². The zero-order chi connectivity index (χ0) is 20.6. The molecular formula is C21H18N4O4. The van der Waals surface area contributed by atoms with E-state index in [4.69, 9.17) is 0 Å². The second-order valence-electron chi connectivity index (χ2n) is 6.22. The molecule has 0 aliphatic rings. The SMILES string of the molecule is O=C(CCC(=O)Nc1cccc([N+](=O)[O-])c1)N/N=C\c1cccc2ccccc12. The first-order valence-corrected chi connectivity index (χ1v) is 8.87. The van der Waals surface area contributed by atoms with Crippen LogP contribution in [-0.2, 0) is 9.59 Å². The number of carbonyl (C=O) groups is 2. The molecule has 0 aromatic heterocycles. The van der Waals surface area contributed by atoms with Crippen LogP contribution in [0, 0.1) is 10.1 Å². The molecule has 3 rings (SSSR count). The summed E-state index contributed by atoms with van der Waals surface area (Å²) in [6.07, 6.45) is 1.43. The number of hydrogen-bond acceptors (Lipinski definition) is 5. The lowest BCUT2D eigenvalue weighted by Gasteiger charge is -2.05. The molecule has 0 saturated carbocycles. The van der Waals surface area contributed by atoms with Crippen molar-refractivity contribution in [3.63, 3.8) is 0 Å². The molecule has 0 bridgehead atoms. The Bertz CT molecular complexity index is 1090. The molecule has 8 heteroatoms. The van der Waals surface area contributed by atoms with Gasteiger partial charge in [-0.25, -0.2) is 5.43 Å². The highest BCUT2D eigenvalue weighted by Crippen LogP contribution is 2.18. The van der Waals surface area contributed by atoms with Crippen molar-refractivity contribution in [2.45, 2.75) is 12.8 Å². The minimum absolute atomic E-state index is 0.0619. The number of amides is 2. The molecule has 29 heavy (non-hydrogen) atoms. The van der Waals surface area contributed by atoms with Gasteiger partial charge in [0.05, 0.1) is 11.1 Å². The van der Waals surface area contributed by atoms with Crippen LogP contribution in [0.3, 0.4) is 0 Å². The number of nitro benzene ring substituents is 1. The molecule has 0 radical (unpaired) electrons. The summed E-state index contributed by atoms with van der Waals surface area (Å²) in [4.78, 5) is 34.1. The Balaban J connectivity index is 1.49. The lowest BCUT2D eigenvalue weighted by molar-refractivity contribution is -0.384. The van der Waals surface area contributed by atoms with Crippen LogP contribution in [0.25, 0.3) is 10.8 Å². The Morgan fingerprint density at radius 3 is 2.52 bits per heavy atom. The minimum atomic E-state index is -0.545. The number of fused-ring (bicyclic) bond motifs is 1. The molecule has 0 unspecified atom stereocenters. The first-order chi connectivity index (χ1) is 14.0. The summed E-state index contributed by atoms with van der Waals surface area (Å²) < 4.78 is 0. The van der Waals surface area contributed by atoms with E-state index in [9.17, 15) is 19.7 Å². The molecule has 0 aliphatic heterocycles. The summed E-state index contributed by atoms with van der Waals surface area (Å²) in [5.74, 6) is -0.825. The van der Waals surface area contributed by atoms with Gasteiger partial charge in [0.25, 0.3) is 5.69 Å². The van der Waals surface area contributed by atoms with Crippen LogP contribution in [0.4, 0.5) is 11.4 Å². The quantitative estimate of drug-likeness (QED) is 0.364. The van der Waals surface area contributed by atoms with Gasteiger partial charge in [-0.3, -0.25) is 19.7 Å². The van der Waals surface area contributed by atoms with Crippen LogP contribution >= 0.6 is 0 Å². The number of anilines is 1. The average Bonchev–Trinajstić information content (AvgIpc) is 2.72. The van der Waals surface area contributed by atoms with Gasteiger partial charge in [0.15, 0.2) is 0 Å². The molecule has 146 valence electrons. The first-order valence-electron chi connectivity index (χ1n) is 8.87. The van der Waals surface area contributed by atoms with Crippen molar-refractivity contribution in [3.8, 4) is 0 Å². The number of non-ortho nitro benzene ring substituents is 1. The molecule has 3 aromatic carbocycles. The standard InChI is InChI=1S/C21H18N4O4/c26-20(23-17-8-4-9-18(13-17)25(28)29)11-12-21(27)24-22-14-16-7-3-6-15-5-1-2-10-19(15)16/h1-10,13-14H,11-12H2,(H,23,26)(H,24,27)/b22-14-. The molecule has 2 N–H and O–H groups in total. The van der Waals surface area contributed by atoms with E-state index < -0.39 is 16.7 Å². The van der Waals surface area contributed by atoms with Crippen molar-refractivity contribution >= 4 is 40.2 Å². The van der Waals surface area contributed by atoms with Crippen molar-refractivity contribution in [2.75, 3.05) is 5.32 Å². The molecule has 0 spiro atoms. The third-order valence-electron chi connectivity index (χ3n) is 4.14. The van der Waals surface area contributed by atoms with Crippen molar-refractivity contribution in [2.24, 2.45) is 5.10 Å². The Hall–Kier alpha value is -4.07. The van der Waals surface area contributed by atoms with E-state index in [1.54, 1.807) is 12.3 Å². The van der Waals surface area contributed by atoms with Gasteiger partial charge in [0, 0.05) is 36.2 Å². The zero-order valence-corrected chi connectivity index (χ0v) is 15.4. The molecule has 0 aliphatic carbocycles. The smallest absolute Gasteiger partial charge is 0.271 e. The van der Waals surface area contributed by atoms with E-state index >= 15 is 0 Å². The van der Waals surface area contributed by atoms with Crippen LogP contribution in [0.5, 0.6) is 0 Å². The molecule has 0 fully saturated rings. The fourth-order valence-corrected chi connectivity index (χ4v) is 2.74. The second kappa shape index (κ2) is 9.23. The molecule has 0 atom stereocenters. The average molecular weight is 390 g/mol. The van der Waals surface area contributed by atoms with Gasteiger partial charge in [-0.2, -0.15) is 5.10 Å². The number of hydrazone groups is 1. The summed E-state index contributed by atoms with van der Waals surface area (Å²) in [5.41, 5.74) is 3.45. The second-order valence-corrected chi connectivity index (χ2v) is 6.22. The molecular weight excluding hydrogens is 372 g/mol. The lowest BCUT2D eigenvalue weighted by Crippen LogP contribution is -2.20. The zero-order valence-electron chi connectivity index (χ0n) is 15.4. The summed E-state index contributed by atoms with van der Waals surface area (Å²) in [6.45, 7) is 0. The maximum Gasteiger partial charge on any atom is 0.271 e. The number of nitrogens with one attached hydrogen (secondary N) is 2. The molecule has 3 aromatic rings. The predicted molar refractivity (Wildman–Crippen MR) is 111 cm³/mol. The van der Waals surface area contributed by atoms with E-state index in [2.05, 4.69) is 15.8 Å². The molecule has 2 amide bonds. The van der Waals surface area contributed by atoms with Crippen molar-refractivity contribution in [3.05, 3.63) is 82.4 Å². The van der Waals surface area contributed by atoms with Gasteiger partial charge in [0.2, 0.25) is 11.8 Å². The topological polar surface area (TPSA) is 114 Å². The number of nitrogens with zero attached hydrogens (tertiary/aromatic N) is 2. The lowest BCUT2D eigenvalue weighted by atomic mass is 10.1. The van der Waals surface area contributed by atoms with Crippen molar-refractivity contribution in [1.82, 2.24) is 5.43 Å². The largest absolute Gasteiger partial charge is 0.326 e. The highest BCUT2D eigenvalue weighted by atomic mass is 16.6. The van der Waals surface area contributed by atoms with E-state index in [0.717, 1.165) is 16.3 Å². The summed E-state index contributed by atoms with van der Waals surface area (Å²) in [7, 11) is 0. The third kappa shape index (κ3) is 5.46. The predicted octanol–water partition coefficient (Wildman–Crippen LogP) is 3.62. The van der Waals surface area contributed by atoms with Gasteiger partial charge >= 0.3 is 0 Å². The summed E-state index contributed by atoms with van der Waals surface area (Å²) in [5, 5.41) is 19.3. The maximum absolute atomic E-state index is 11.9. The van der Waals surface area contributed by atoms with E-state index in [1.807, 2.05) is 42.5 Å². The Morgan fingerprint density at radius 2 is 1.69 bits per heavy atom. The normalized spacial score (nSPS) is 10.8. The van der Waals surface area contributed by atoms with Gasteiger partial charge in [0.1, 0.15) is 0 Å². The van der Waals surface area contributed by atoms with E-state index in [0.29, 0.717) is 5.69 Å². The number of hydrogen-bond donors (Lipinski definition) is 2. The highest BCUT2D eigenvalue weighted by molar-refractivity contribution is 6.00. The van der Waals surface area contributed by atoms with Crippen LogP contribution < -0.4 is 10.7 Å². The van der Waals surface area contributed by atoms with E-state index in [1.165, 1.54) is 18.2 Å². The Labute approximate surface area is 166 Å². The summed E-state index contributed by atoms with van der Waals surface area (Å²) >= 11 is 0. The van der Waals surface area contributed by atoms with Crippen LogP contribution in [0.2, 0.25) is 0 Å². The minimum Gasteiger partial charge on any atom is -0.326 e. The highest BCUT2D eigenvalue weighted by Gasteiger charge is 2.10. The van der Waals surface area contributed by atoms with Crippen LogP contribution in [-0.4, -0.2) is 23.0 Å². The van der Waals surface area contributed by atoms with E-state index in [-0.39, 0.29) is 18.5 Å². The Morgan fingerprint density at radius 1 is 0.966 bits per heavy atom. The van der Waals surface area contributed by atoms with Gasteiger partial charge in [-0.1, -0.05) is 48.5 Å². The number of benzene rings is 3. The number of rotatable bonds is 7. The fourth-order valence-electron chi connectivity index (χ4n) is 2.74. The monoisotopic (exact) mass is 390 g/mol. The Kier molecular flexibility index (Phi) is 6.26. The first kappa shape index (κ1) is 19.7. The van der Waals surface area contributed by atoms with Crippen LogP contribution in [0.15, 0.2) is 71.8 Å².